The number of benzene rings is 2. The first kappa shape index (κ1) is 14.1. The van der Waals surface area contributed by atoms with Gasteiger partial charge in [0.1, 0.15) is 0 Å². The number of hydrogen-bond donors (Lipinski definition) is 2. The van der Waals surface area contributed by atoms with Gasteiger partial charge >= 0.3 is 0 Å². The summed E-state index contributed by atoms with van der Waals surface area (Å²) >= 11 is 19.8. The smallest absolute Gasteiger partial charge is 0.151 e. The second-order valence-electron chi connectivity index (χ2n) is 4.45. The normalized spacial score (nSPS) is 15.8. The Labute approximate surface area is 135 Å². The van der Waals surface area contributed by atoms with Gasteiger partial charge in [-0.2, -0.15) is 0 Å². The van der Waals surface area contributed by atoms with Gasteiger partial charge in [0.25, 0.3) is 0 Å². The Morgan fingerprint density at radius 1 is 1.05 bits per heavy atom. The minimum Gasteiger partial charge on any atom is -0.379 e. The third-order valence-electron chi connectivity index (χ3n) is 3.18. The van der Waals surface area contributed by atoms with E-state index in [1.165, 1.54) is 11.8 Å². The molecule has 0 radical (unpaired) electrons. The van der Waals surface area contributed by atoms with Crippen LogP contribution in [0, 0.1) is 5.41 Å². The first-order valence-corrected chi connectivity index (χ1v) is 7.78. The molecule has 0 unspecified atom stereocenters. The molecular formula is C14H9Cl3N2S. The highest BCUT2D eigenvalue weighted by atomic mass is 35.5. The largest absolute Gasteiger partial charge is 0.379 e. The molecule has 2 nitrogen and oxygen atoms in total. The quantitative estimate of drug-likeness (QED) is 0.542. The molecule has 3 rings (SSSR count). The molecule has 1 atom stereocenters. The van der Waals surface area contributed by atoms with E-state index in [0.717, 1.165) is 22.3 Å². The molecular weight excluding hydrogens is 335 g/mol. The van der Waals surface area contributed by atoms with Crippen LogP contribution in [-0.2, 0) is 0 Å². The number of thioether (sulfide) groups is 1. The van der Waals surface area contributed by atoms with E-state index in [2.05, 4.69) is 0 Å². The second-order valence-corrected chi connectivity index (χ2v) is 6.87. The molecule has 1 aliphatic carbocycles. The Morgan fingerprint density at radius 3 is 2.45 bits per heavy atom. The van der Waals surface area contributed by atoms with Crippen LogP contribution >= 0.6 is 46.6 Å². The predicted octanol–water partition coefficient (Wildman–Crippen LogP) is 5.34. The number of nitrogens with two attached hydrogens (primary N) is 1. The molecule has 0 aliphatic heterocycles. The van der Waals surface area contributed by atoms with Crippen molar-refractivity contribution in [3.8, 4) is 11.1 Å². The fraction of sp³-hybridized carbons (Fsp3) is 0.0714. The fourth-order valence-electron chi connectivity index (χ4n) is 2.48. The van der Waals surface area contributed by atoms with Gasteiger partial charge < -0.3 is 5.73 Å². The zero-order chi connectivity index (χ0) is 14.4. The summed E-state index contributed by atoms with van der Waals surface area (Å²) in [4.78, 5) is 0. The minimum absolute atomic E-state index is 0.0462. The predicted molar refractivity (Wildman–Crippen MR) is 88.3 cm³/mol. The molecule has 0 saturated heterocycles. The van der Waals surface area contributed by atoms with Crippen LogP contribution in [-0.4, -0.2) is 5.17 Å². The molecule has 2 aromatic rings. The molecule has 0 bridgehead atoms. The van der Waals surface area contributed by atoms with Crippen molar-refractivity contribution in [1.29, 1.82) is 5.41 Å². The van der Waals surface area contributed by atoms with Crippen molar-refractivity contribution in [2.24, 2.45) is 5.73 Å². The van der Waals surface area contributed by atoms with Gasteiger partial charge in [-0.25, -0.2) is 0 Å². The third kappa shape index (κ3) is 2.29. The first-order chi connectivity index (χ1) is 9.47. The van der Waals surface area contributed by atoms with Crippen LogP contribution in [0.4, 0.5) is 0 Å². The van der Waals surface area contributed by atoms with Crippen molar-refractivity contribution >= 4 is 51.7 Å². The van der Waals surface area contributed by atoms with Crippen LogP contribution in [0.25, 0.3) is 11.1 Å². The van der Waals surface area contributed by atoms with Crippen LogP contribution in [0.5, 0.6) is 0 Å². The summed E-state index contributed by atoms with van der Waals surface area (Å²) in [5, 5.41) is 9.30. The monoisotopic (exact) mass is 342 g/mol. The standard InChI is InChI=1S/C14H9Cl3N2S/c15-6-1-2-8-9(3-6)13(20-14(18)19)10-4-7(16)5-11(17)12(8)10/h1-5,13H,(H3,18,19)/t13-/m1/s1. The molecule has 0 spiro atoms. The summed E-state index contributed by atoms with van der Waals surface area (Å²) in [6.45, 7) is 0. The number of fused-ring (bicyclic) bond motifs is 3. The van der Waals surface area contributed by atoms with Crippen molar-refractivity contribution in [3.63, 3.8) is 0 Å². The van der Waals surface area contributed by atoms with Crippen LogP contribution < -0.4 is 5.73 Å². The van der Waals surface area contributed by atoms with E-state index in [-0.39, 0.29) is 10.4 Å². The highest BCUT2D eigenvalue weighted by Gasteiger charge is 2.32. The van der Waals surface area contributed by atoms with Crippen LogP contribution in [0.3, 0.4) is 0 Å². The molecule has 6 heteroatoms. The average Bonchev–Trinajstić information content (AvgIpc) is 2.63. The maximum atomic E-state index is 7.54. The van der Waals surface area contributed by atoms with E-state index in [9.17, 15) is 0 Å². The summed E-state index contributed by atoms with van der Waals surface area (Å²) in [5.74, 6) is 0. The number of hydrogen-bond acceptors (Lipinski definition) is 2. The van der Waals surface area contributed by atoms with Crippen molar-refractivity contribution < 1.29 is 0 Å². The highest BCUT2D eigenvalue weighted by molar-refractivity contribution is 8.14. The Kier molecular flexibility index (Phi) is 3.63. The zero-order valence-electron chi connectivity index (χ0n) is 10.1. The van der Waals surface area contributed by atoms with Crippen molar-refractivity contribution in [1.82, 2.24) is 0 Å². The lowest BCUT2D eigenvalue weighted by Gasteiger charge is -2.12. The Bertz CT molecular complexity index is 731. The number of halogens is 3. The lowest BCUT2D eigenvalue weighted by atomic mass is 10.1. The molecule has 2 aromatic carbocycles. The Balaban J connectivity index is 2.28. The molecule has 0 heterocycles. The van der Waals surface area contributed by atoms with Crippen LogP contribution in [0.1, 0.15) is 16.4 Å². The van der Waals surface area contributed by atoms with Crippen molar-refractivity contribution in [2.45, 2.75) is 5.25 Å². The lowest BCUT2D eigenvalue weighted by molar-refractivity contribution is 1.23. The van der Waals surface area contributed by atoms with E-state index in [1.807, 2.05) is 24.3 Å². The summed E-state index contributed by atoms with van der Waals surface area (Å²) in [6, 6.07) is 9.26. The Morgan fingerprint density at radius 2 is 1.75 bits per heavy atom. The van der Waals surface area contributed by atoms with Gasteiger partial charge in [-0.3, -0.25) is 5.41 Å². The topological polar surface area (TPSA) is 49.9 Å². The average molecular weight is 344 g/mol. The van der Waals surface area contributed by atoms with Gasteiger partial charge in [0, 0.05) is 15.6 Å². The Hall–Kier alpha value is -0.870. The van der Waals surface area contributed by atoms with Crippen molar-refractivity contribution in [2.75, 3.05) is 0 Å². The maximum absolute atomic E-state index is 7.54. The SMILES string of the molecule is N=C(N)S[C@@H]1c2cc(Cl)ccc2-c2c(Cl)cc(Cl)cc21. The second kappa shape index (κ2) is 5.15. The maximum Gasteiger partial charge on any atom is 0.151 e. The molecule has 0 saturated carbocycles. The minimum atomic E-state index is -0.104. The van der Waals surface area contributed by atoms with E-state index < -0.39 is 0 Å². The molecule has 0 amide bonds. The van der Waals surface area contributed by atoms with Gasteiger partial charge in [-0.05, 0) is 41.0 Å². The molecule has 1 aliphatic rings. The van der Waals surface area contributed by atoms with E-state index in [1.54, 1.807) is 6.07 Å². The molecule has 0 aromatic heterocycles. The summed E-state index contributed by atoms with van der Waals surface area (Å²) in [5.41, 5.74) is 9.50. The van der Waals surface area contributed by atoms with Crippen molar-refractivity contribution in [3.05, 3.63) is 56.5 Å². The summed E-state index contributed by atoms with van der Waals surface area (Å²) in [7, 11) is 0. The molecule has 0 fully saturated rings. The molecule has 3 N–H and O–H groups in total. The number of nitrogens with one attached hydrogen (secondary N) is 1. The zero-order valence-corrected chi connectivity index (χ0v) is 13.2. The lowest BCUT2D eigenvalue weighted by Crippen LogP contribution is -2.07. The highest BCUT2D eigenvalue weighted by Crippen LogP contribution is 2.53. The number of amidine groups is 1. The van der Waals surface area contributed by atoms with Gasteiger partial charge in [-0.15, -0.1) is 0 Å². The van der Waals surface area contributed by atoms with Crippen LogP contribution in [0.15, 0.2) is 30.3 Å². The van der Waals surface area contributed by atoms with E-state index in [0.29, 0.717) is 15.1 Å². The summed E-state index contributed by atoms with van der Waals surface area (Å²) in [6.07, 6.45) is 0. The van der Waals surface area contributed by atoms with Gasteiger partial charge in [0.2, 0.25) is 0 Å². The van der Waals surface area contributed by atoms with E-state index in [4.69, 9.17) is 45.9 Å². The third-order valence-corrected chi connectivity index (χ3v) is 4.93. The fourth-order valence-corrected chi connectivity index (χ4v) is 4.16. The van der Waals surface area contributed by atoms with Crippen LogP contribution in [0.2, 0.25) is 15.1 Å². The van der Waals surface area contributed by atoms with Gasteiger partial charge in [0.15, 0.2) is 5.17 Å². The van der Waals surface area contributed by atoms with E-state index >= 15 is 0 Å². The van der Waals surface area contributed by atoms with Gasteiger partial charge in [0.05, 0.1) is 10.3 Å². The van der Waals surface area contributed by atoms with Gasteiger partial charge in [-0.1, -0.05) is 52.6 Å². The number of rotatable bonds is 1. The first-order valence-electron chi connectivity index (χ1n) is 5.77. The summed E-state index contributed by atoms with van der Waals surface area (Å²) < 4.78 is 0. The molecule has 102 valence electrons. The molecule has 20 heavy (non-hydrogen) atoms.